The van der Waals surface area contributed by atoms with Crippen molar-refractivity contribution in [2.45, 2.75) is 37.8 Å². The molecule has 0 saturated heterocycles. The van der Waals surface area contributed by atoms with Crippen LogP contribution in [-0.2, 0) is 11.3 Å². The van der Waals surface area contributed by atoms with Crippen LogP contribution in [0.3, 0.4) is 0 Å². The zero-order chi connectivity index (χ0) is 20.0. The maximum Gasteiger partial charge on any atom is 0.573 e. The molecule has 1 aromatic heterocycles. The number of alkyl halides is 3. The Morgan fingerprint density at radius 3 is 2.70 bits per heavy atom. The van der Waals surface area contributed by atoms with Gasteiger partial charge in [-0.1, -0.05) is 43.8 Å². The number of H-pyrrole nitrogens is 1. The van der Waals surface area contributed by atoms with Crippen LogP contribution in [0.1, 0.15) is 31.0 Å². The van der Waals surface area contributed by atoms with Crippen molar-refractivity contribution in [1.29, 1.82) is 0 Å². The summed E-state index contributed by atoms with van der Waals surface area (Å²) in [7, 11) is 0. The highest BCUT2D eigenvalue weighted by Crippen LogP contribution is 2.26. The molecule has 2 rings (SSSR count). The number of aromatic amines is 1. The van der Waals surface area contributed by atoms with Gasteiger partial charge >= 0.3 is 6.36 Å². The number of carbonyl (C=O) groups excluding carboxylic acids is 1. The van der Waals surface area contributed by atoms with Crippen molar-refractivity contribution in [3.05, 3.63) is 51.9 Å². The Bertz CT molecular complexity index is 853. The molecule has 6 nitrogen and oxygen atoms in total. The third-order valence-electron chi connectivity index (χ3n) is 3.35. The molecule has 1 aromatic carbocycles. The number of nitrogens with zero attached hydrogens (tertiary/aromatic N) is 1. The van der Waals surface area contributed by atoms with Gasteiger partial charge in [-0.3, -0.25) is 9.59 Å². The van der Waals surface area contributed by atoms with E-state index in [1.165, 1.54) is 24.3 Å². The Kier molecular flexibility index (Phi) is 6.89. The second-order valence-electron chi connectivity index (χ2n) is 5.85. The summed E-state index contributed by atoms with van der Waals surface area (Å²) in [6.07, 6.45) is -4.81. The predicted molar refractivity (Wildman–Crippen MR) is 94.6 cm³/mol. The Balaban J connectivity index is 1.93. The number of ether oxygens (including phenoxy) is 1. The summed E-state index contributed by atoms with van der Waals surface area (Å²) in [5, 5.41) is 2.83. The highest BCUT2D eigenvalue weighted by molar-refractivity contribution is 7.99. The molecule has 0 saturated carbocycles. The highest BCUT2D eigenvalue weighted by atomic mass is 32.2. The van der Waals surface area contributed by atoms with Crippen LogP contribution in [0.25, 0.3) is 0 Å². The van der Waals surface area contributed by atoms with E-state index in [-0.39, 0.29) is 35.1 Å². The molecule has 0 unspecified atom stereocenters. The number of halogens is 3. The van der Waals surface area contributed by atoms with Crippen LogP contribution in [0, 0.1) is 0 Å². The smallest absolute Gasteiger partial charge is 0.405 e. The molecule has 1 heterocycles. The fourth-order valence-electron chi connectivity index (χ4n) is 2.07. The maximum atomic E-state index is 12.4. The molecule has 0 atom stereocenters. The lowest BCUT2D eigenvalue weighted by Gasteiger charge is -2.13. The second kappa shape index (κ2) is 8.94. The van der Waals surface area contributed by atoms with E-state index in [0.717, 1.165) is 11.8 Å². The van der Waals surface area contributed by atoms with Crippen LogP contribution in [0.5, 0.6) is 5.75 Å². The minimum atomic E-state index is -4.81. The Morgan fingerprint density at radius 2 is 2.04 bits per heavy atom. The van der Waals surface area contributed by atoms with Crippen LogP contribution in [0.2, 0.25) is 0 Å². The summed E-state index contributed by atoms with van der Waals surface area (Å²) in [4.78, 5) is 30.4. The van der Waals surface area contributed by atoms with Gasteiger partial charge in [0.05, 0.1) is 11.4 Å². The molecule has 2 aromatic rings. The summed E-state index contributed by atoms with van der Waals surface area (Å²) < 4.78 is 41.1. The molecular formula is C17H18F3N3O3S. The number of aromatic nitrogens is 2. The van der Waals surface area contributed by atoms with Gasteiger partial charge in [0.1, 0.15) is 5.75 Å². The first-order valence-corrected chi connectivity index (χ1v) is 8.97. The monoisotopic (exact) mass is 401 g/mol. The van der Waals surface area contributed by atoms with E-state index in [9.17, 15) is 22.8 Å². The summed E-state index contributed by atoms with van der Waals surface area (Å²) >= 11 is 1.03. The molecule has 0 aliphatic rings. The average Bonchev–Trinajstić information content (AvgIpc) is 2.57. The van der Waals surface area contributed by atoms with E-state index in [2.05, 4.69) is 20.0 Å². The normalized spacial score (nSPS) is 11.5. The summed E-state index contributed by atoms with van der Waals surface area (Å²) in [6.45, 7) is 3.66. The molecule has 0 bridgehead atoms. The van der Waals surface area contributed by atoms with Gasteiger partial charge in [0.25, 0.3) is 5.56 Å². The first-order chi connectivity index (χ1) is 12.6. The molecule has 27 heavy (non-hydrogen) atoms. The second-order valence-corrected chi connectivity index (χ2v) is 6.82. The first kappa shape index (κ1) is 20.8. The molecule has 0 aliphatic carbocycles. The summed E-state index contributed by atoms with van der Waals surface area (Å²) in [5.74, 6) is -0.772. The van der Waals surface area contributed by atoms with E-state index in [0.29, 0.717) is 10.9 Å². The number of rotatable bonds is 7. The number of hydrogen-bond acceptors (Lipinski definition) is 5. The third-order valence-corrected chi connectivity index (χ3v) is 4.22. The Labute approximate surface area is 157 Å². The largest absolute Gasteiger partial charge is 0.573 e. The van der Waals surface area contributed by atoms with E-state index < -0.39 is 12.3 Å². The van der Waals surface area contributed by atoms with Gasteiger partial charge in [-0.2, -0.15) is 0 Å². The fraction of sp³-hybridized carbons (Fsp3) is 0.353. The van der Waals surface area contributed by atoms with Crippen molar-refractivity contribution < 1.29 is 22.7 Å². The van der Waals surface area contributed by atoms with Crippen molar-refractivity contribution in [1.82, 2.24) is 15.3 Å². The van der Waals surface area contributed by atoms with Gasteiger partial charge in [0.2, 0.25) is 5.91 Å². The molecule has 0 spiro atoms. The van der Waals surface area contributed by atoms with Gasteiger partial charge in [0.15, 0.2) is 5.16 Å². The van der Waals surface area contributed by atoms with Crippen molar-refractivity contribution in [3.8, 4) is 5.75 Å². The van der Waals surface area contributed by atoms with E-state index >= 15 is 0 Å². The number of benzene rings is 1. The van der Waals surface area contributed by atoms with Crippen LogP contribution in [-0.4, -0.2) is 28.0 Å². The van der Waals surface area contributed by atoms with Crippen molar-refractivity contribution in [3.63, 3.8) is 0 Å². The molecule has 0 aliphatic heterocycles. The zero-order valence-corrected chi connectivity index (χ0v) is 15.4. The quantitative estimate of drug-likeness (QED) is 0.550. The number of hydrogen-bond donors (Lipinski definition) is 2. The standard InChI is InChI=1S/C17H18F3N3O3S/c1-10(2)12-7-14(24)23-16(22-12)27-9-15(25)21-8-11-5-3-4-6-13(11)26-17(18,19)20/h3-7,10H,8-9H2,1-2H3,(H,21,25)(H,22,23,24). The SMILES string of the molecule is CC(C)c1cc(=O)[nH]c(SCC(=O)NCc2ccccc2OC(F)(F)F)n1. The lowest BCUT2D eigenvalue weighted by atomic mass is 10.1. The van der Waals surface area contributed by atoms with Crippen molar-refractivity contribution in [2.75, 3.05) is 5.75 Å². The highest BCUT2D eigenvalue weighted by Gasteiger charge is 2.31. The number of thioether (sulfide) groups is 1. The number of nitrogens with one attached hydrogen (secondary N) is 2. The van der Waals surface area contributed by atoms with Crippen molar-refractivity contribution >= 4 is 17.7 Å². The number of amides is 1. The van der Waals surface area contributed by atoms with E-state index in [4.69, 9.17) is 0 Å². The van der Waals surface area contributed by atoms with Gasteiger partial charge in [-0.25, -0.2) is 4.98 Å². The van der Waals surface area contributed by atoms with E-state index in [1.807, 2.05) is 13.8 Å². The fourth-order valence-corrected chi connectivity index (χ4v) is 2.78. The molecule has 1 amide bonds. The molecule has 146 valence electrons. The Hall–Kier alpha value is -2.49. The predicted octanol–water partition coefficient (Wildman–Crippen LogP) is 3.20. The number of para-hydroxylation sites is 1. The van der Waals surface area contributed by atoms with Crippen molar-refractivity contribution in [2.24, 2.45) is 0 Å². The van der Waals surface area contributed by atoms with Gasteiger partial charge < -0.3 is 15.0 Å². The Morgan fingerprint density at radius 1 is 1.33 bits per heavy atom. The van der Waals surface area contributed by atoms with E-state index in [1.54, 1.807) is 6.07 Å². The molecule has 10 heteroatoms. The van der Waals surface area contributed by atoms with Crippen LogP contribution < -0.4 is 15.6 Å². The first-order valence-electron chi connectivity index (χ1n) is 7.98. The van der Waals surface area contributed by atoms with Gasteiger partial charge in [-0.15, -0.1) is 13.2 Å². The maximum absolute atomic E-state index is 12.4. The molecule has 0 fully saturated rings. The van der Waals surface area contributed by atoms with Gasteiger partial charge in [0, 0.05) is 18.2 Å². The minimum absolute atomic E-state index is 0.0488. The molecule has 0 radical (unpaired) electrons. The number of carbonyl (C=O) groups is 1. The lowest BCUT2D eigenvalue weighted by Crippen LogP contribution is -2.26. The van der Waals surface area contributed by atoms with Crippen LogP contribution in [0.15, 0.2) is 40.3 Å². The topological polar surface area (TPSA) is 84.1 Å². The van der Waals surface area contributed by atoms with Gasteiger partial charge in [-0.05, 0) is 12.0 Å². The van der Waals surface area contributed by atoms with Crippen LogP contribution >= 0.6 is 11.8 Å². The zero-order valence-electron chi connectivity index (χ0n) is 14.6. The third kappa shape index (κ3) is 6.97. The average molecular weight is 401 g/mol. The molecule has 2 N–H and O–H groups in total. The molecular weight excluding hydrogens is 383 g/mol. The van der Waals surface area contributed by atoms with Crippen LogP contribution in [0.4, 0.5) is 13.2 Å². The summed E-state index contributed by atoms with van der Waals surface area (Å²) in [6, 6.07) is 6.96. The minimum Gasteiger partial charge on any atom is -0.405 e. The summed E-state index contributed by atoms with van der Waals surface area (Å²) in [5.41, 5.74) is 0.497. The lowest BCUT2D eigenvalue weighted by molar-refractivity contribution is -0.274.